The monoisotopic (exact) mass is 458 g/mol. The number of rotatable bonds is 18. The smallest absolute Gasteiger partial charge is 0.287 e. The molecule has 0 aliphatic heterocycles. The summed E-state index contributed by atoms with van der Waals surface area (Å²) in [5, 5.41) is 0. The van der Waals surface area contributed by atoms with E-state index < -0.39 is 15.6 Å². The van der Waals surface area contributed by atoms with Crippen molar-refractivity contribution in [3.8, 4) is 0 Å². The first-order valence-electron chi connectivity index (χ1n) is 10.9. The van der Waals surface area contributed by atoms with Crippen LogP contribution < -0.4 is 0 Å². The second-order valence-electron chi connectivity index (χ2n) is 9.04. The zero-order valence-corrected chi connectivity index (χ0v) is 21.5. The van der Waals surface area contributed by atoms with Crippen molar-refractivity contribution in [2.75, 3.05) is 26.4 Å². The molecule has 0 saturated heterocycles. The lowest BCUT2D eigenvalue weighted by Gasteiger charge is -2.24. The van der Waals surface area contributed by atoms with Gasteiger partial charge in [0.25, 0.3) is 0 Å². The van der Waals surface area contributed by atoms with E-state index in [1.165, 1.54) is 0 Å². The van der Waals surface area contributed by atoms with Gasteiger partial charge in [0.1, 0.15) is 0 Å². The zero-order valence-electron chi connectivity index (χ0n) is 19.7. The predicted octanol–water partition coefficient (Wildman–Crippen LogP) is 7.47. The Morgan fingerprint density at radius 2 is 0.690 bits per heavy atom. The van der Waals surface area contributed by atoms with E-state index in [0.717, 1.165) is 0 Å². The summed E-state index contributed by atoms with van der Waals surface area (Å²) in [6, 6.07) is 0. The molecule has 0 fully saturated rings. The first-order valence-corrected chi connectivity index (χ1v) is 13.8. The van der Waals surface area contributed by atoms with Crippen molar-refractivity contribution in [2.45, 2.75) is 81.1 Å². The Balaban J connectivity index is 5.21. The summed E-state index contributed by atoms with van der Waals surface area (Å²) in [5.41, 5.74) is 0. The molecule has 0 N–H and O–H groups in total. The molecule has 0 rings (SSSR count). The second kappa shape index (κ2) is 15.1. The van der Waals surface area contributed by atoms with Crippen molar-refractivity contribution in [3.05, 3.63) is 0 Å². The van der Waals surface area contributed by atoms with E-state index in [2.05, 4.69) is 0 Å². The Labute approximate surface area is 178 Å². The van der Waals surface area contributed by atoms with Gasteiger partial charge in [-0.15, -0.1) is 0 Å². The lowest BCUT2D eigenvalue weighted by atomic mass is 10.1. The summed E-state index contributed by atoms with van der Waals surface area (Å²) in [7, 11) is -8.19. The fraction of sp³-hybridized carbons (Fsp3) is 1.00. The minimum absolute atomic E-state index is 0.175. The van der Waals surface area contributed by atoms with Gasteiger partial charge in [-0.3, -0.25) is 18.1 Å². The van der Waals surface area contributed by atoms with Crippen molar-refractivity contribution in [1.82, 2.24) is 0 Å². The first-order chi connectivity index (χ1) is 13.4. The van der Waals surface area contributed by atoms with E-state index in [0.29, 0.717) is 49.4 Å². The van der Waals surface area contributed by atoms with E-state index >= 15 is 0 Å². The van der Waals surface area contributed by atoms with E-state index in [1.807, 2.05) is 55.4 Å². The third kappa shape index (κ3) is 16.6. The van der Waals surface area contributed by atoms with E-state index in [9.17, 15) is 9.13 Å². The molecule has 9 heteroatoms. The molecule has 0 aromatic carbocycles. The van der Waals surface area contributed by atoms with Crippen LogP contribution in [0.4, 0.5) is 0 Å². The van der Waals surface area contributed by atoms with Gasteiger partial charge in [-0.2, -0.15) is 4.31 Å². The molecule has 0 aliphatic rings. The van der Waals surface area contributed by atoms with Crippen LogP contribution in [-0.4, -0.2) is 26.4 Å². The molecule has 0 aromatic rings. The summed E-state index contributed by atoms with van der Waals surface area (Å²) in [4.78, 5) is 0. The molecule has 0 aromatic heterocycles. The average Bonchev–Trinajstić information content (AvgIpc) is 2.52. The third-order valence-corrected chi connectivity index (χ3v) is 7.57. The van der Waals surface area contributed by atoms with Crippen LogP contribution in [0.15, 0.2) is 0 Å². The largest absolute Gasteiger partial charge is 0.483 e. The van der Waals surface area contributed by atoms with Crippen LogP contribution in [0, 0.1) is 23.7 Å². The third-order valence-electron chi connectivity index (χ3n) is 3.98. The Kier molecular flexibility index (Phi) is 15.3. The maximum atomic E-state index is 13.2. The van der Waals surface area contributed by atoms with E-state index in [-0.39, 0.29) is 26.4 Å². The Bertz CT molecular complexity index is 427. The zero-order chi connectivity index (χ0) is 22.5. The maximum Gasteiger partial charge on any atom is 0.483 e. The van der Waals surface area contributed by atoms with Gasteiger partial charge in [-0.05, 0) is 49.4 Å². The summed E-state index contributed by atoms with van der Waals surface area (Å²) >= 11 is 0. The van der Waals surface area contributed by atoms with Gasteiger partial charge >= 0.3 is 15.6 Å². The molecule has 0 radical (unpaired) electrons. The van der Waals surface area contributed by atoms with Crippen LogP contribution in [0.25, 0.3) is 0 Å². The number of hydrogen-bond acceptors (Lipinski definition) is 7. The lowest BCUT2D eigenvalue weighted by Crippen LogP contribution is -2.09. The standard InChI is InChI=1S/C20H44O7P2/c1-17(2)9-13-23-28(21,24-14-10-18(3)4)27-29(22,25-15-11-19(5)6)26-16-12-20(7)8/h17-20H,9-16H2,1-8H3. The molecule has 0 spiro atoms. The molecule has 29 heavy (non-hydrogen) atoms. The Morgan fingerprint density at radius 1 is 0.483 bits per heavy atom. The highest BCUT2D eigenvalue weighted by Crippen LogP contribution is 2.66. The molecular weight excluding hydrogens is 414 g/mol. The predicted molar refractivity (Wildman–Crippen MR) is 118 cm³/mol. The molecule has 0 heterocycles. The van der Waals surface area contributed by atoms with Crippen LogP contribution in [-0.2, 0) is 31.5 Å². The minimum atomic E-state index is -4.09. The topological polar surface area (TPSA) is 80.3 Å². The molecule has 7 nitrogen and oxygen atoms in total. The van der Waals surface area contributed by atoms with Gasteiger partial charge in [0.2, 0.25) is 0 Å². The fourth-order valence-corrected chi connectivity index (χ4v) is 5.09. The Morgan fingerprint density at radius 3 is 0.862 bits per heavy atom. The van der Waals surface area contributed by atoms with Crippen molar-refractivity contribution >= 4 is 15.6 Å². The molecule has 176 valence electrons. The molecule has 0 atom stereocenters. The SMILES string of the molecule is CC(C)CCOP(=O)(OCCC(C)C)OP(=O)(OCCC(C)C)OCCC(C)C. The van der Waals surface area contributed by atoms with Crippen molar-refractivity contribution in [2.24, 2.45) is 23.7 Å². The summed E-state index contributed by atoms with van der Waals surface area (Å²) in [6.07, 6.45) is 2.70. The molecular formula is C20H44O7P2. The van der Waals surface area contributed by atoms with E-state index in [1.54, 1.807) is 0 Å². The quantitative estimate of drug-likeness (QED) is 0.197. The van der Waals surface area contributed by atoms with Gasteiger partial charge < -0.3 is 0 Å². The minimum Gasteiger partial charge on any atom is -0.287 e. The first kappa shape index (κ1) is 29.3. The average molecular weight is 459 g/mol. The van der Waals surface area contributed by atoms with Crippen LogP contribution >= 0.6 is 15.6 Å². The summed E-state index contributed by atoms with van der Waals surface area (Å²) in [6.45, 7) is 17.0. The molecule has 0 saturated carbocycles. The summed E-state index contributed by atoms with van der Waals surface area (Å²) in [5.74, 6) is 1.43. The van der Waals surface area contributed by atoms with Gasteiger partial charge in [0.05, 0.1) is 26.4 Å². The highest BCUT2D eigenvalue weighted by Gasteiger charge is 2.40. The number of phosphoric acid groups is 2. The van der Waals surface area contributed by atoms with Crippen LogP contribution in [0.5, 0.6) is 0 Å². The van der Waals surface area contributed by atoms with Gasteiger partial charge in [0.15, 0.2) is 0 Å². The molecule has 0 bridgehead atoms. The van der Waals surface area contributed by atoms with Crippen molar-refractivity contribution in [1.29, 1.82) is 0 Å². The normalized spacial score (nSPS) is 13.4. The number of hydrogen-bond donors (Lipinski definition) is 0. The maximum absolute atomic E-state index is 13.2. The van der Waals surface area contributed by atoms with E-state index in [4.69, 9.17) is 22.4 Å². The van der Waals surface area contributed by atoms with Crippen LogP contribution in [0.1, 0.15) is 81.1 Å². The van der Waals surface area contributed by atoms with Crippen LogP contribution in [0.2, 0.25) is 0 Å². The molecule has 0 aliphatic carbocycles. The highest BCUT2D eigenvalue weighted by atomic mass is 31.3. The van der Waals surface area contributed by atoms with Gasteiger partial charge in [-0.1, -0.05) is 55.4 Å². The number of phosphoric ester groups is 2. The van der Waals surface area contributed by atoms with Crippen molar-refractivity contribution < 1.29 is 31.5 Å². The Hall–Kier alpha value is 0.260. The molecule has 0 amide bonds. The highest BCUT2D eigenvalue weighted by molar-refractivity contribution is 7.62. The fourth-order valence-electron chi connectivity index (χ4n) is 1.89. The van der Waals surface area contributed by atoms with Gasteiger partial charge in [-0.25, -0.2) is 9.13 Å². The molecule has 0 unspecified atom stereocenters. The lowest BCUT2D eigenvalue weighted by molar-refractivity contribution is 0.101. The van der Waals surface area contributed by atoms with Crippen molar-refractivity contribution in [3.63, 3.8) is 0 Å². The summed E-state index contributed by atoms with van der Waals surface area (Å²) < 4.78 is 53.6. The second-order valence-corrected chi connectivity index (χ2v) is 12.5. The van der Waals surface area contributed by atoms with Crippen LogP contribution in [0.3, 0.4) is 0 Å². The van der Waals surface area contributed by atoms with Gasteiger partial charge in [0, 0.05) is 0 Å².